The lowest BCUT2D eigenvalue weighted by Gasteiger charge is -2.23. The SMILES string of the molecule is CC1=C(C(=O)OCc2ccccc2)C(c2cccs2)n2c(s/c(=C/c3ccccc3[N+](=O)[O-])c2=O)=N1. The van der Waals surface area contributed by atoms with Gasteiger partial charge in [0, 0.05) is 10.9 Å². The molecule has 0 amide bonds. The first-order valence-corrected chi connectivity index (χ1v) is 12.6. The van der Waals surface area contributed by atoms with E-state index in [1.807, 2.05) is 47.8 Å². The lowest BCUT2D eigenvalue weighted by atomic mass is 10.0. The summed E-state index contributed by atoms with van der Waals surface area (Å²) in [5.41, 5.74) is 1.44. The molecule has 2 aromatic carbocycles. The normalized spacial score (nSPS) is 15.4. The molecule has 1 atom stereocenters. The maximum absolute atomic E-state index is 13.6. The second kappa shape index (κ2) is 9.84. The van der Waals surface area contributed by atoms with Gasteiger partial charge >= 0.3 is 5.97 Å². The molecule has 0 saturated heterocycles. The highest BCUT2D eigenvalue weighted by Gasteiger charge is 2.34. The third-order valence-electron chi connectivity index (χ3n) is 5.69. The van der Waals surface area contributed by atoms with Gasteiger partial charge < -0.3 is 4.74 Å². The summed E-state index contributed by atoms with van der Waals surface area (Å²) in [5.74, 6) is -0.550. The topological polar surface area (TPSA) is 104 Å². The van der Waals surface area contributed by atoms with Crippen molar-refractivity contribution in [1.29, 1.82) is 0 Å². The van der Waals surface area contributed by atoms with Crippen LogP contribution in [0.4, 0.5) is 5.69 Å². The van der Waals surface area contributed by atoms with E-state index in [9.17, 15) is 19.7 Å². The molecule has 1 aliphatic heterocycles. The van der Waals surface area contributed by atoms with Crippen LogP contribution in [-0.2, 0) is 16.1 Å². The van der Waals surface area contributed by atoms with Crippen LogP contribution in [0.25, 0.3) is 6.08 Å². The van der Waals surface area contributed by atoms with E-state index in [1.165, 1.54) is 28.0 Å². The Morgan fingerprint density at radius 3 is 2.61 bits per heavy atom. The number of thiophene rings is 1. The molecule has 10 heteroatoms. The molecule has 1 aliphatic rings. The molecule has 1 unspecified atom stereocenters. The van der Waals surface area contributed by atoms with E-state index in [4.69, 9.17) is 4.74 Å². The molecule has 0 saturated carbocycles. The number of nitro benzene ring substituents is 1. The molecule has 0 N–H and O–H groups in total. The fourth-order valence-electron chi connectivity index (χ4n) is 4.02. The number of carbonyl (C=O) groups is 1. The molecule has 3 heterocycles. The third-order valence-corrected chi connectivity index (χ3v) is 7.59. The van der Waals surface area contributed by atoms with E-state index in [-0.39, 0.29) is 28.0 Å². The largest absolute Gasteiger partial charge is 0.457 e. The van der Waals surface area contributed by atoms with E-state index in [0.29, 0.717) is 16.1 Å². The Morgan fingerprint density at radius 1 is 1.14 bits per heavy atom. The Kier molecular flexibility index (Phi) is 6.45. The van der Waals surface area contributed by atoms with Gasteiger partial charge in [-0.05, 0) is 36.1 Å². The average Bonchev–Trinajstić information content (AvgIpc) is 3.51. The van der Waals surface area contributed by atoms with Crippen LogP contribution in [-0.4, -0.2) is 15.5 Å². The van der Waals surface area contributed by atoms with Crippen LogP contribution >= 0.6 is 22.7 Å². The zero-order chi connectivity index (χ0) is 25.2. The number of nitro groups is 1. The van der Waals surface area contributed by atoms with Crippen LogP contribution in [0.3, 0.4) is 0 Å². The number of ether oxygens (including phenoxy) is 1. The molecular formula is C26H19N3O5S2. The van der Waals surface area contributed by atoms with Crippen molar-refractivity contribution in [1.82, 2.24) is 4.57 Å². The summed E-state index contributed by atoms with van der Waals surface area (Å²) in [6.45, 7) is 1.81. The third kappa shape index (κ3) is 4.43. The van der Waals surface area contributed by atoms with Gasteiger partial charge in [0.2, 0.25) is 0 Å². The molecule has 36 heavy (non-hydrogen) atoms. The Bertz CT molecular complexity index is 1670. The van der Waals surface area contributed by atoms with Crippen molar-refractivity contribution in [2.45, 2.75) is 19.6 Å². The molecule has 0 bridgehead atoms. The van der Waals surface area contributed by atoms with E-state index in [1.54, 1.807) is 25.1 Å². The second-order valence-corrected chi connectivity index (χ2v) is 9.96. The monoisotopic (exact) mass is 517 g/mol. The van der Waals surface area contributed by atoms with Gasteiger partial charge in [-0.1, -0.05) is 59.9 Å². The summed E-state index contributed by atoms with van der Waals surface area (Å²) < 4.78 is 7.38. The number of carbonyl (C=O) groups excluding carboxylic acids is 1. The van der Waals surface area contributed by atoms with Crippen molar-refractivity contribution >= 4 is 40.4 Å². The summed E-state index contributed by atoms with van der Waals surface area (Å²) in [5, 5.41) is 13.3. The second-order valence-electron chi connectivity index (χ2n) is 7.97. The Labute approximate surface area is 212 Å². The van der Waals surface area contributed by atoms with Crippen molar-refractivity contribution in [3.05, 3.63) is 129 Å². The highest BCUT2D eigenvalue weighted by atomic mass is 32.1. The predicted molar refractivity (Wildman–Crippen MR) is 137 cm³/mol. The van der Waals surface area contributed by atoms with Crippen LogP contribution in [0.15, 0.2) is 93.2 Å². The molecular weight excluding hydrogens is 498 g/mol. The van der Waals surface area contributed by atoms with Crippen molar-refractivity contribution in [2.75, 3.05) is 0 Å². The number of rotatable bonds is 6. The van der Waals surface area contributed by atoms with Crippen molar-refractivity contribution in [3.63, 3.8) is 0 Å². The van der Waals surface area contributed by atoms with Gasteiger partial charge in [-0.3, -0.25) is 19.5 Å². The minimum absolute atomic E-state index is 0.0930. The van der Waals surface area contributed by atoms with Gasteiger partial charge in [0.05, 0.1) is 26.3 Å². The molecule has 5 rings (SSSR count). The first-order chi connectivity index (χ1) is 17.4. The summed E-state index contributed by atoms with van der Waals surface area (Å²) in [7, 11) is 0. The predicted octanol–water partition coefficient (Wildman–Crippen LogP) is 3.95. The van der Waals surface area contributed by atoms with Crippen molar-refractivity contribution < 1.29 is 14.5 Å². The minimum atomic E-state index is -0.711. The number of benzene rings is 2. The number of para-hydroxylation sites is 1. The van der Waals surface area contributed by atoms with E-state index >= 15 is 0 Å². The molecule has 4 aromatic rings. The number of nitrogens with zero attached hydrogens (tertiary/aromatic N) is 3. The van der Waals surface area contributed by atoms with Gasteiger partial charge in [-0.25, -0.2) is 9.79 Å². The smallest absolute Gasteiger partial charge is 0.338 e. The quantitative estimate of drug-likeness (QED) is 0.219. The first kappa shape index (κ1) is 23.6. The van der Waals surface area contributed by atoms with Crippen LogP contribution in [0, 0.1) is 10.1 Å². The lowest BCUT2D eigenvalue weighted by molar-refractivity contribution is -0.385. The number of thiazole rings is 1. The summed E-state index contributed by atoms with van der Waals surface area (Å²) in [6, 6.07) is 18.6. The lowest BCUT2D eigenvalue weighted by Crippen LogP contribution is -2.39. The Balaban J connectivity index is 1.61. The molecule has 2 aromatic heterocycles. The summed E-state index contributed by atoms with van der Waals surface area (Å²) >= 11 is 2.55. The van der Waals surface area contributed by atoms with E-state index in [0.717, 1.165) is 21.8 Å². The molecule has 0 spiro atoms. The average molecular weight is 518 g/mol. The first-order valence-electron chi connectivity index (χ1n) is 10.9. The summed E-state index contributed by atoms with van der Waals surface area (Å²) in [4.78, 5) is 43.6. The minimum Gasteiger partial charge on any atom is -0.457 e. The maximum Gasteiger partial charge on any atom is 0.338 e. The van der Waals surface area contributed by atoms with Gasteiger partial charge in [0.25, 0.3) is 11.2 Å². The van der Waals surface area contributed by atoms with Gasteiger partial charge in [-0.15, -0.1) is 11.3 Å². The number of hydrogen-bond donors (Lipinski definition) is 0. The molecule has 0 radical (unpaired) electrons. The van der Waals surface area contributed by atoms with Gasteiger partial charge in [0.15, 0.2) is 4.80 Å². The maximum atomic E-state index is 13.6. The van der Waals surface area contributed by atoms with Gasteiger partial charge in [-0.2, -0.15) is 0 Å². The van der Waals surface area contributed by atoms with Crippen LogP contribution in [0.1, 0.15) is 29.0 Å². The van der Waals surface area contributed by atoms with E-state index in [2.05, 4.69) is 4.99 Å². The highest BCUT2D eigenvalue weighted by Crippen LogP contribution is 2.33. The van der Waals surface area contributed by atoms with Crippen LogP contribution in [0.2, 0.25) is 0 Å². The van der Waals surface area contributed by atoms with E-state index < -0.39 is 16.9 Å². The van der Waals surface area contributed by atoms with Crippen LogP contribution < -0.4 is 14.9 Å². The fourth-order valence-corrected chi connectivity index (χ4v) is 5.88. The van der Waals surface area contributed by atoms with Crippen molar-refractivity contribution in [3.8, 4) is 0 Å². The van der Waals surface area contributed by atoms with Gasteiger partial charge in [0.1, 0.15) is 12.6 Å². The number of aromatic nitrogens is 1. The number of esters is 1. The zero-order valence-electron chi connectivity index (χ0n) is 19.0. The van der Waals surface area contributed by atoms with Crippen LogP contribution in [0.5, 0.6) is 0 Å². The standard InChI is InChI=1S/C26H19N3O5S2/c1-16-22(25(31)34-15-17-8-3-2-4-9-17)23(20-12-7-13-35-20)28-24(30)21(36-26(28)27-16)14-18-10-5-6-11-19(18)29(32)33/h2-14,23H,15H2,1H3/b21-14+. The highest BCUT2D eigenvalue weighted by molar-refractivity contribution is 7.10. The zero-order valence-corrected chi connectivity index (χ0v) is 20.6. The molecule has 8 nitrogen and oxygen atoms in total. The number of fused-ring (bicyclic) bond motifs is 1. The summed E-state index contributed by atoms with van der Waals surface area (Å²) in [6.07, 6.45) is 1.50. The molecule has 0 fully saturated rings. The fraction of sp³-hybridized carbons (Fsp3) is 0.115. The Hall–Kier alpha value is -4.15. The Morgan fingerprint density at radius 2 is 1.89 bits per heavy atom. The molecule has 0 aliphatic carbocycles. The number of allylic oxidation sites excluding steroid dienone is 1. The molecule has 180 valence electrons. The van der Waals surface area contributed by atoms with Crippen molar-refractivity contribution in [2.24, 2.45) is 4.99 Å². The number of hydrogen-bond acceptors (Lipinski definition) is 8.